The molecule has 2 atom stereocenters. The number of Topliss-reactive ketones (excluding diaryl/α,β-unsaturated/α-hetero) is 2. The Hall–Kier alpha value is -0.920. The lowest BCUT2D eigenvalue weighted by atomic mass is 9.72. The molecule has 0 spiro atoms. The summed E-state index contributed by atoms with van der Waals surface area (Å²) >= 11 is 0. The Kier molecular flexibility index (Phi) is 5.44. The average molecular weight is 222 g/mol. The van der Waals surface area contributed by atoms with Crippen LogP contribution < -0.4 is 0 Å². The van der Waals surface area contributed by atoms with Gasteiger partial charge in [0.2, 0.25) is 0 Å². The number of carbonyl (C=O) groups is 2. The summed E-state index contributed by atoms with van der Waals surface area (Å²) in [5.74, 6) is 0.904. The van der Waals surface area contributed by atoms with Crippen LogP contribution in [-0.4, -0.2) is 11.6 Å². The van der Waals surface area contributed by atoms with E-state index in [1.807, 2.05) is 0 Å². The van der Waals surface area contributed by atoms with Crippen molar-refractivity contribution in [2.75, 3.05) is 0 Å². The molecule has 0 aromatic carbocycles. The van der Waals surface area contributed by atoms with Gasteiger partial charge in [-0.15, -0.1) is 13.2 Å². The average Bonchev–Trinajstić information content (AvgIpc) is 2.34. The Morgan fingerprint density at radius 2 is 1.12 bits per heavy atom. The molecule has 0 radical (unpaired) electrons. The third-order valence-electron chi connectivity index (χ3n) is 3.69. The first-order chi connectivity index (χ1) is 7.79. The van der Waals surface area contributed by atoms with Crippen LogP contribution >= 0.6 is 0 Å². The van der Waals surface area contributed by atoms with E-state index in [-0.39, 0.29) is 11.8 Å². The van der Waals surface area contributed by atoms with Crippen molar-refractivity contribution in [2.45, 2.75) is 51.4 Å². The van der Waals surface area contributed by atoms with Crippen molar-refractivity contribution in [3.63, 3.8) is 0 Å². The third kappa shape index (κ3) is 3.03. The molecule has 0 heterocycles. The van der Waals surface area contributed by atoms with Gasteiger partial charge in [0.15, 0.2) is 0 Å². The SMILES string of the molecule is C=C.O=C1CCCCC1C1CCCCC1=O. The first-order valence-corrected chi connectivity index (χ1v) is 6.34. The Morgan fingerprint density at radius 3 is 1.44 bits per heavy atom. The maximum atomic E-state index is 11.7. The number of rotatable bonds is 1. The molecule has 2 aliphatic rings. The van der Waals surface area contributed by atoms with Gasteiger partial charge in [-0.25, -0.2) is 0 Å². The van der Waals surface area contributed by atoms with E-state index in [1.54, 1.807) is 0 Å². The molecule has 2 saturated carbocycles. The third-order valence-corrected chi connectivity index (χ3v) is 3.69. The van der Waals surface area contributed by atoms with E-state index in [1.165, 1.54) is 0 Å². The molecular weight excluding hydrogens is 200 g/mol. The molecule has 2 unspecified atom stereocenters. The molecule has 16 heavy (non-hydrogen) atoms. The van der Waals surface area contributed by atoms with Crippen molar-refractivity contribution in [1.82, 2.24) is 0 Å². The van der Waals surface area contributed by atoms with Crippen LogP contribution in [-0.2, 0) is 9.59 Å². The van der Waals surface area contributed by atoms with Crippen molar-refractivity contribution in [3.05, 3.63) is 13.2 Å². The van der Waals surface area contributed by atoms with Gasteiger partial charge in [-0.05, 0) is 25.7 Å². The largest absolute Gasteiger partial charge is 0.299 e. The van der Waals surface area contributed by atoms with Crippen molar-refractivity contribution < 1.29 is 9.59 Å². The summed E-state index contributed by atoms with van der Waals surface area (Å²) in [7, 11) is 0. The fourth-order valence-corrected chi connectivity index (χ4v) is 2.87. The van der Waals surface area contributed by atoms with Crippen LogP contribution in [0.5, 0.6) is 0 Å². The first-order valence-electron chi connectivity index (χ1n) is 6.34. The predicted molar refractivity (Wildman–Crippen MR) is 65.2 cm³/mol. The van der Waals surface area contributed by atoms with Gasteiger partial charge in [-0.1, -0.05) is 12.8 Å². The standard InChI is InChI=1S/C12H18O2.C2H4/c13-11-7-3-1-5-9(11)10-6-2-4-8-12(10)14;1-2/h9-10H,1-8H2;1-2H2. The zero-order valence-corrected chi connectivity index (χ0v) is 10.0. The highest BCUT2D eigenvalue weighted by molar-refractivity contribution is 5.90. The summed E-state index contributed by atoms with van der Waals surface area (Å²) in [5.41, 5.74) is 0. The molecule has 2 fully saturated rings. The van der Waals surface area contributed by atoms with Crippen molar-refractivity contribution >= 4 is 11.6 Å². The lowest BCUT2D eigenvalue weighted by Gasteiger charge is -2.30. The van der Waals surface area contributed by atoms with Crippen LogP contribution in [0, 0.1) is 11.8 Å². The number of ketones is 2. The predicted octanol–water partition coefficient (Wildman–Crippen LogP) is 3.31. The normalized spacial score (nSPS) is 30.5. The smallest absolute Gasteiger partial charge is 0.136 e. The second-order valence-corrected chi connectivity index (χ2v) is 4.64. The zero-order valence-electron chi connectivity index (χ0n) is 10.0. The molecule has 0 aromatic rings. The number of hydrogen-bond acceptors (Lipinski definition) is 2. The highest BCUT2D eigenvalue weighted by Crippen LogP contribution is 2.34. The maximum absolute atomic E-state index is 11.7. The fraction of sp³-hybridized carbons (Fsp3) is 0.714. The lowest BCUT2D eigenvalue weighted by molar-refractivity contribution is -0.135. The van der Waals surface area contributed by atoms with Gasteiger partial charge in [0.05, 0.1) is 0 Å². The van der Waals surface area contributed by atoms with Gasteiger partial charge < -0.3 is 0 Å². The molecule has 0 amide bonds. The van der Waals surface area contributed by atoms with Crippen LogP contribution in [0.4, 0.5) is 0 Å². The minimum Gasteiger partial charge on any atom is -0.299 e. The van der Waals surface area contributed by atoms with E-state index in [2.05, 4.69) is 13.2 Å². The van der Waals surface area contributed by atoms with Crippen molar-refractivity contribution in [2.24, 2.45) is 11.8 Å². The molecule has 2 nitrogen and oxygen atoms in total. The summed E-state index contributed by atoms with van der Waals surface area (Å²) in [4.78, 5) is 23.4. The molecule has 2 aliphatic carbocycles. The van der Waals surface area contributed by atoms with E-state index in [9.17, 15) is 9.59 Å². The molecule has 2 rings (SSSR count). The maximum Gasteiger partial charge on any atom is 0.136 e. The van der Waals surface area contributed by atoms with E-state index in [0.717, 1.165) is 38.5 Å². The number of hydrogen-bond donors (Lipinski definition) is 0. The number of carbonyl (C=O) groups excluding carboxylic acids is 2. The van der Waals surface area contributed by atoms with Gasteiger partial charge in [0.1, 0.15) is 11.6 Å². The second-order valence-electron chi connectivity index (χ2n) is 4.64. The highest BCUT2D eigenvalue weighted by Gasteiger charge is 2.35. The molecule has 0 saturated heterocycles. The minimum atomic E-state index is 0.0940. The van der Waals surface area contributed by atoms with E-state index in [4.69, 9.17) is 0 Å². The van der Waals surface area contributed by atoms with Gasteiger partial charge in [0.25, 0.3) is 0 Å². The minimum absolute atomic E-state index is 0.0940. The topological polar surface area (TPSA) is 34.1 Å². The molecule has 0 aromatic heterocycles. The summed E-state index contributed by atoms with van der Waals surface area (Å²) in [6, 6.07) is 0. The molecule has 2 heteroatoms. The van der Waals surface area contributed by atoms with Gasteiger partial charge in [0, 0.05) is 24.7 Å². The molecular formula is C14H22O2. The summed E-state index contributed by atoms with van der Waals surface area (Å²) in [6.07, 6.45) is 7.72. The zero-order chi connectivity index (χ0) is 12.0. The quantitative estimate of drug-likeness (QED) is 0.638. The van der Waals surface area contributed by atoms with Crippen LogP contribution in [0.15, 0.2) is 13.2 Å². The van der Waals surface area contributed by atoms with Crippen molar-refractivity contribution in [1.29, 1.82) is 0 Å². The van der Waals surface area contributed by atoms with Gasteiger partial charge in [-0.3, -0.25) is 9.59 Å². The fourth-order valence-electron chi connectivity index (χ4n) is 2.87. The summed E-state index contributed by atoms with van der Waals surface area (Å²) < 4.78 is 0. The van der Waals surface area contributed by atoms with Crippen molar-refractivity contribution in [3.8, 4) is 0 Å². The lowest BCUT2D eigenvalue weighted by Crippen LogP contribution is -2.33. The monoisotopic (exact) mass is 222 g/mol. The van der Waals surface area contributed by atoms with Gasteiger partial charge >= 0.3 is 0 Å². The van der Waals surface area contributed by atoms with Gasteiger partial charge in [-0.2, -0.15) is 0 Å². The Labute approximate surface area is 98.1 Å². The molecule has 90 valence electrons. The van der Waals surface area contributed by atoms with Crippen LogP contribution in [0.2, 0.25) is 0 Å². The molecule has 0 bridgehead atoms. The van der Waals surface area contributed by atoms with Crippen LogP contribution in [0.25, 0.3) is 0 Å². The Balaban J connectivity index is 0.000000606. The van der Waals surface area contributed by atoms with Crippen LogP contribution in [0.3, 0.4) is 0 Å². The molecule has 0 aliphatic heterocycles. The van der Waals surface area contributed by atoms with E-state index < -0.39 is 0 Å². The Morgan fingerprint density at radius 1 is 0.750 bits per heavy atom. The van der Waals surface area contributed by atoms with E-state index >= 15 is 0 Å². The second kappa shape index (κ2) is 6.62. The summed E-state index contributed by atoms with van der Waals surface area (Å²) in [6.45, 7) is 6.00. The van der Waals surface area contributed by atoms with Crippen LogP contribution in [0.1, 0.15) is 51.4 Å². The van der Waals surface area contributed by atoms with E-state index in [0.29, 0.717) is 24.4 Å². The Bertz CT molecular complexity index is 231. The first kappa shape index (κ1) is 13.1. The highest BCUT2D eigenvalue weighted by atomic mass is 16.1. The summed E-state index contributed by atoms with van der Waals surface area (Å²) in [5, 5.41) is 0. The molecule has 0 N–H and O–H groups in total.